The Morgan fingerprint density at radius 1 is 1.55 bits per heavy atom. The van der Waals surface area contributed by atoms with E-state index in [4.69, 9.17) is 0 Å². The summed E-state index contributed by atoms with van der Waals surface area (Å²) in [6.45, 7) is 7.77. The molecule has 64 valence electrons. The summed E-state index contributed by atoms with van der Waals surface area (Å²) < 4.78 is 0. The first-order chi connectivity index (χ1) is 5.41. The Bertz CT molecular complexity index is 110. The van der Waals surface area contributed by atoms with Crippen LogP contribution in [0.2, 0.25) is 0 Å². The van der Waals surface area contributed by atoms with Crippen LogP contribution >= 0.6 is 11.8 Å². The molecule has 2 heteroatoms. The van der Waals surface area contributed by atoms with Gasteiger partial charge in [0.1, 0.15) is 0 Å². The van der Waals surface area contributed by atoms with Gasteiger partial charge in [-0.15, -0.1) is 6.58 Å². The molecule has 0 fully saturated rings. The topological polar surface area (TPSA) is 12.0 Å². The maximum Gasteiger partial charge on any atom is 0.0135 e. The average molecular weight is 171 g/mol. The second-order valence-electron chi connectivity index (χ2n) is 2.14. The summed E-state index contributed by atoms with van der Waals surface area (Å²) in [5.41, 5.74) is 0. The molecule has 1 nitrogen and oxygen atoms in total. The van der Waals surface area contributed by atoms with E-state index in [-0.39, 0.29) is 0 Å². The summed E-state index contributed by atoms with van der Waals surface area (Å²) in [6.07, 6.45) is 6.12. The molecule has 0 unspecified atom stereocenters. The Balaban J connectivity index is 2.84. The minimum Gasteiger partial charge on any atom is -0.312 e. The van der Waals surface area contributed by atoms with Crippen LogP contribution in [0.4, 0.5) is 0 Å². The predicted molar refractivity (Wildman–Crippen MR) is 55.2 cm³/mol. The van der Waals surface area contributed by atoms with Gasteiger partial charge in [-0.3, -0.25) is 0 Å². The molecule has 11 heavy (non-hydrogen) atoms. The zero-order valence-electron chi connectivity index (χ0n) is 7.18. The molecular weight excluding hydrogens is 154 g/mol. The van der Waals surface area contributed by atoms with Gasteiger partial charge in [0.25, 0.3) is 0 Å². The van der Waals surface area contributed by atoms with Crippen molar-refractivity contribution in [3.63, 3.8) is 0 Å². The highest BCUT2D eigenvalue weighted by molar-refractivity contribution is 7.99. The summed E-state index contributed by atoms with van der Waals surface area (Å²) in [5.74, 6) is 2.23. The van der Waals surface area contributed by atoms with E-state index in [9.17, 15) is 0 Å². The SMILES string of the molecule is C=CCSCCNC/C=C/C. The van der Waals surface area contributed by atoms with Gasteiger partial charge < -0.3 is 5.32 Å². The van der Waals surface area contributed by atoms with Crippen molar-refractivity contribution in [2.45, 2.75) is 6.92 Å². The number of hydrogen-bond acceptors (Lipinski definition) is 2. The van der Waals surface area contributed by atoms with Crippen molar-refractivity contribution in [1.29, 1.82) is 0 Å². The summed E-state index contributed by atoms with van der Waals surface area (Å²) in [7, 11) is 0. The first kappa shape index (κ1) is 10.8. The third-order valence-electron chi connectivity index (χ3n) is 1.16. The lowest BCUT2D eigenvalue weighted by Crippen LogP contribution is -2.16. The van der Waals surface area contributed by atoms with Gasteiger partial charge in [-0.25, -0.2) is 0 Å². The summed E-state index contributed by atoms with van der Waals surface area (Å²) in [4.78, 5) is 0. The number of hydrogen-bond donors (Lipinski definition) is 1. The molecule has 0 radical (unpaired) electrons. The quantitative estimate of drug-likeness (QED) is 0.465. The third-order valence-corrected chi connectivity index (χ3v) is 2.12. The highest BCUT2D eigenvalue weighted by Gasteiger charge is 1.83. The first-order valence-electron chi connectivity index (χ1n) is 3.92. The molecule has 0 atom stereocenters. The van der Waals surface area contributed by atoms with Crippen molar-refractivity contribution in [2.24, 2.45) is 0 Å². The van der Waals surface area contributed by atoms with Gasteiger partial charge in [0, 0.05) is 24.6 Å². The smallest absolute Gasteiger partial charge is 0.0135 e. The Kier molecular flexibility index (Phi) is 9.60. The normalized spacial score (nSPS) is 10.6. The lowest BCUT2D eigenvalue weighted by Gasteiger charge is -1.98. The van der Waals surface area contributed by atoms with Crippen LogP contribution in [0.25, 0.3) is 0 Å². The highest BCUT2D eigenvalue weighted by Crippen LogP contribution is 1.96. The second kappa shape index (κ2) is 9.79. The third kappa shape index (κ3) is 9.79. The zero-order chi connectivity index (χ0) is 8.36. The van der Waals surface area contributed by atoms with Crippen molar-refractivity contribution in [1.82, 2.24) is 5.32 Å². The van der Waals surface area contributed by atoms with Gasteiger partial charge in [-0.1, -0.05) is 18.2 Å². The molecule has 0 aromatic carbocycles. The van der Waals surface area contributed by atoms with Crippen LogP contribution in [-0.2, 0) is 0 Å². The van der Waals surface area contributed by atoms with Crippen LogP contribution in [0.15, 0.2) is 24.8 Å². The van der Waals surface area contributed by atoms with Crippen LogP contribution in [0.5, 0.6) is 0 Å². The molecule has 0 rings (SSSR count). The average Bonchev–Trinajstić information content (AvgIpc) is 2.03. The summed E-state index contributed by atoms with van der Waals surface area (Å²) in [5, 5.41) is 3.30. The summed E-state index contributed by atoms with van der Waals surface area (Å²) in [6, 6.07) is 0. The lowest BCUT2D eigenvalue weighted by atomic mass is 10.5. The largest absolute Gasteiger partial charge is 0.312 e. The Morgan fingerprint density at radius 3 is 3.00 bits per heavy atom. The van der Waals surface area contributed by atoms with E-state index in [1.807, 2.05) is 24.8 Å². The van der Waals surface area contributed by atoms with E-state index in [0.717, 1.165) is 18.8 Å². The number of allylic oxidation sites excluding steroid dienone is 1. The highest BCUT2D eigenvalue weighted by atomic mass is 32.2. The Morgan fingerprint density at radius 2 is 2.36 bits per heavy atom. The Hall–Kier alpha value is -0.210. The first-order valence-corrected chi connectivity index (χ1v) is 5.07. The molecule has 0 aliphatic carbocycles. The monoisotopic (exact) mass is 171 g/mol. The molecule has 0 aromatic rings. The van der Waals surface area contributed by atoms with Crippen LogP contribution in [0.3, 0.4) is 0 Å². The van der Waals surface area contributed by atoms with Gasteiger partial charge in [0.05, 0.1) is 0 Å². The molecule has 0 bridgehead atoms. The molecule has 0 heterocycles. The molecule has 0 saturated carbocycles. The summed E-state index contributed by atoms with van der Waals surface area (Å²) >= 11 is 1.91. The van der Waals surface area contributed by atoms with Gasteiger partial charge in [0.15, 0.2) is 0 Å². The maximum absolute atomic E-state index is 3.66. The van der Waals surface area contributed by atoms with E-state index in [1.54, 1.807) is 0 Å². The molecule has 1 N–H and O–H groups in total. The van der Waals surface area contributed by atoms with Crippen LogP contribution in [0, 0.1) is 0 Å². The van der Waals surface area contributed by atoms with Gasteiger partial charge in [0.2, 0.25) is 0 Å². The lowest BCUT2D eigenvalue weighted by molar-refractivity contribution is 0.806. The van der Waals surface area contributed by atoms with E-state index in [0.29, 0.717) is 0 Å². The van der Waals surface area contributed by atoms with Gasteiger partial charge in [-0.2, -0.15) is 11.8 Å². The van der Waals surface area contributed by atoms with E-state index in [2.05, 4.69) is 24.0 Å². The fourth-order valence-corrected chi connectivity index (χ4v) is 1.24. The van der Waals surface area contributed by atoms with Gasteiger partial charge in [-0.05, 0) is 6.92 Å². The standard InChI is InChI=1S/C9H17NS/c1-3-5-6-10-7-9-11-8-4-2/h3-5,10H,2,6-9H2,1H3/b5-3+. The molecule has 0 amide bonds. The molecule has 0 saturated heterocycles. The van der Waals surface area contributed by atoms with Crippen molar-refractivity contribution in [3.05, 3.63) is 24.8 Å². The zero-order valence-corrected chi connectivity index (χ0v) is 7.99. The number of rotatable bonds is 7. The van der Waals surface area contributed by atoms with E-state index in [1.165, 1.54) is 5.75 Å². The van der Waals surface area contributed by atoms with Crippen LogP contribution in [-0.4, -0.2) is 24.6 Å². The number of thioether (sulfide) groups is 1. The second-order valence-corrected chi connectivity index (χ2v) is 3.29. The molecule has 0 aliphatic rings. The Labute approximate surface area is 74.0 Å². The molecule has 0 aliphatic heterocycles. The van der Waals surface area contributed by atoms with Crippen LogP contribution in [0.1, 0.15) is 6.92 Å². The minimum absolute atomic E-state index is 0.991. The number of nitrogens with one attached hydrogen (secondary N) is 1. The van der Waals surface area contributed by atoms with Gasteiger partial charge >= 0.3 is 0 Å². The fraction of sp³-hybridized carbons (Fsp3) is 0.556. The molecule has 0 spiro atoms. The van der Waals surface area contributed by atoms with E-state index < -0.39 is 0 Å². The van der Waals surface area contributed by atoms with Crippen molar-refractivity contribution >= 4 is 11.8 Å². The molecular formula is C9H17NS. The van der Waals surface area contributed by atoms with Crippen molar-refractivity contribution < 1.29 is 0 Å². The van der Waals surface area contributed by atoms with Crippen molar-refractivity contribution in [2.75, 3.05) is 24.6 Å². The fourth-order valence-electron chi connectivity index (χ4n) is 0.614. The predicted octanol–water partition coefficient (Wildman–Crippen LogP) is 2.07. The van der Waals surface area contributed by atoms with Crippen LogP contribution < -0.4 is 5.32 Å². The minimum atomic E-state index is 0.991. The molecule has 0 aromatic heterocycles. The van der Waals surface area contributed by atoms with E-state index >= 15 is 0 Å². The maximum atomic E-state index is 3.66. The van der Waals surface area contributed by atoms with Crippen molar-refractivity contribution in [3.8, 4) is 0 Å².